The van der Waals surface area contributed by atoms with E-state index in [0.29, 0.717) is 5.75 Å². The van der Waals surface area contributed by atoms with E-state index in [-0.39, 0.29) is 0 Å². The fourth-order valence-electron chi connectivity index (χ4n) is 1.64. The van der Waals surface area contributed by atoms with Gasteiger partial charge in [0.25, 0.3) is 0 Å². The topological polar surface area (TPSA) is 46.0 Å². The van der Waals surface area contributed by atoms with Crippen LogP contribution in [0.4, 0.5) is 0 Å². The summed E-state index contributed by atoms with van der Waals surface area (Å²) in [5, 5.41) is 6.85. The molecule has 18 heavy (non-hydrogen) atoms. The number of aromatic nitrogens is 1. The number of pyridine rings is 1. The molecule has 0 fully saturated rings. The summed E-state index contributed by atoms with van der Waals surface area (Å²) in [6.45, 7) is 1.98. The van der Waals surface area contributed by atoms with Gasteiger partial charge in [-0.25, -0.2) is 0 Å². The van der Waals surface area contributed by atoms with Crippen molar-refractivity contribution in [1.82, 2.24) is 4.98 Å². The van der Waals surface area contributed by atoms with E-state index in [1.165, 1.54) is 0 Å². The van der Waals surface area contributed by atoms with E-state index < -0.39 is 0 Å². The molecule has 3 nitrogen and oxygen atoms in total. The zero-order chi connectivity index (χ0) is 12.8. The van der Waals surface area contributed by atoms with E-state index in [1.54, 1.807) is 0 Å². The summed E-state index contributed by atoms with van der Waals surface area (Å²) >= 11 is 0. The molecule has 0 saturated carbocycles. The molecule has 0 unspecified atom stereocenters. The summed E-state index contributed by atoms with van der Waals surface area (Å²) in [6.07, 6.45) is 5.84. The molecule has 2 aromatic rings. The van der Waals surface area contributed by atoms with Crippen molar-refractivity contribution in [3.63, 3.8) is 0 Å². The van der Waals surface area contributed by atoms with Gasteiger partial charge in [0.15, 0.2) is 0 Å². The van der Waals surface area contributed by atoms with Crippen LogP contribution in [-0.4, -0.2) is 12.3 Å². The molecule has 1 N–H and O–H groups in total. The standard InChI is InChI=1S/C14H13BN2O/c1-2-3-11-4-9-14(17-10-11)12-5-7-13(8-6-12)18-15-16/h2-10,16H,1H3/b3-2+. The quantitative estimate of drug-likeness (QED) is 0.825. The third-order valence-corrected chi connectivity index (χ3v) is 2.49. The maximum atomic E-state index is 6.85. The molecule has 0 spiro atoms. The van der Waals surface area contributed by atoms with Gasteiger partial charge in [-0.3, -0.25) is 0 Å². The molecular weight excluding hydrogens is 223 g/mol. The number of benzene rings is 1. The fraction of sp³-hybridized carbons (Fsp3) is 0.0714. The van der Waals surface area contributed by atoms with Crippen LogP contribution >= 0.6 is 0 Å². The fourth-order valence-corrected chi connectivity index (χ4v) is 1.64. The predicted octanol–water partition coefficient (Wildman–Crippen LogP) is 3.54. The summed E-state index contributed by atoms with van der Waals surface area (Å²) in [6, 6.07) is 11.5. The van der Waals surface area contributed by atoms with Crippen molar-refractivity contribution in [3.8, 4) is 17.0 Å². The van der Waals surface area contributed by atoms with E-state index in [9.17, 15) is 0 Å². The van der Waals surface area contributed by atoms with Gasteiger partial charge < -0.3 is 0 Å². The van der Waals surface area contributed by atoms with Gasteiger partial charge in [0.05, 0.1) is 0 Å². The first-order chi connectivity index (χ1) is 8.83. The minimum absolute atomic E-state index is 0.652. The molecule has 88 valence electrons. The Balaban J connectivity index is 2.22. The van der Waals surface area contributed by atoms with Gasteiger partial charge in [0.2, 0.25) is 0 Å². The van der Waals surface area contributed by atoms with Crippen LogP contribution in [0.3, 0.4) is 0 Å². The molecule has 0 atom stereocenters. The molecule has 0 amide bonds. The molecule has 0 radical (unpaired) electrons. The number of nitrogens with one attached hydrogen (secondary N) is 1. The van der Waals surface area contributed by atoms with E-state index in [2.05, 4.69) is 4.98 Å². The van der Waals surface area contributed by atoms with Gasteiger partial charge in [-0.2, -0.15) is 0 Å². The summed E-state index contributed by atoms with van der Waals surface area (Å²) in [7, 11) is 0.916. The number of allylic oxidation sites excluding steroid dienone is 1. The van der Waals surface area contributed by atoms with Gasteiger partial charge in [0.1, 0.15) is 0 Å². The zero-order valence-electron chi connectivity index (χ0n) is 10.1. The van der Waals surface area contributed by atoms with E-state index in [4.69, 9.17) is 9.97 Å². The van der Waals surface area contributed by atoms with Gasteiger partial charge in [0, 0.05) is 0 Å². The SMILES string of the molecule is C/C=C/c1ccc(-c2ccc(OB=N)cc2)nc1. The van der Waals surface area contributed by atoms with Crippen molar-refractivity contribution in [1.29, 1.82) is 5.31 Å². The summed E-state index contributed by atoms with van der Waals surface area (Å²) < 4.78 is 4.96. The Bertz CT molecular complexity index is 547. The van der Waals surface area contributed by atoms with Crippen molar-refractivity contribution in [3.05, 3.63) is 54.2 Å². The number of rotatable bonds is 4. The van der Waals surface area contributed by atoms with Gasteiger partial charge in [-0.1, -0.05) is 0 Å². The van der Waals surface area contributed by atoms with Crippen molar-refractivity contribution >= 4 is 13.4 Å². The van der Waals surface area contributed by atoms with Crippen molar-refractivity contribution in [2.45, 2.75) is 6.92 Å². The van der Waals surface area contributed by atoms with Gasteiger partial charge in [-0.15, -0.1) is 0 Å². The first kappa shape index (κ1) is 12.2. The van der Waals surface area contributed by atoms with Crippen LogP contribution in [0.25, 0.3) is 17.3 Å². The Morgan fingerprint density at radius 1 is 1.17 bits per heavy atom. The van der Waals surface area contributed by atoms with Crippen LogP contribution in [0.1, 0.15) is 12.5 Å². The molecule has 1 aromatic carbocycles. The van der Waals surface area contributed by atoms with Crippen molar-refractivity contribution in [2.24, 2.45) is 0 Å². The van der Waals surface area contributed by atoms with Crippen molar-refractivity contribution < 1.29 is 4.65 Å². The van der Waals surface area contributed by atoms with Crippen LogP contribution in [0.5, 0.6) is 5.75 Å². The minimum atomic E-state index is 0.652. The first-order valence-corrected chi connectivity index (χ1v) is 5.68. The molecule has 1 aromatic heterocycles. The number of hydrogen-bond acceptors (Lipinski definition) is 3. The second kappa shape index (κ2) is 5.91. The van der Waals surface area contributed by atoms with E-state index >= 15 is 0 Å². The number of hydrogen-bond donors (Lipinski definition) is 1. The van der Waals surface area contributed by atoms with Crippen molar-refractivity contribution in [2.75, 3.05) is 0 Å². The average Bonchev–Trinajstić information content (AvgIpc) is 2.41. The predicted molar refractivity (Wildman–Crippen MR) is 73.5 cm³/mol. The Labute approximate surface area is 107 Å². The third kappa shape index (κ3) is 2.91. The Kier molecular flexibility index (Phi) is 4.02. The third-order valence-electron chi connectivity index (χ3n) is 2.49. The average molecular weight is 236 g/mol. The van der Waals surface area contributed by atoms with Crippen LogP contribution in [-0.2, 0) is 0 Å². The second-order valence-electron chi connectivity index (χ2n) is 3.74. The number of nitrogens with zero attached hydrogens (tertiary/aromatic N) is 1. The Hall–Kier alpha value is -2.23. The molecule has 0 saturated heterocycles. The molecule has 2 rings (SSSR count). The monoisotopic (exact) mass is 236 g/mol. The van der Waals surface area contributed by atoms with Gasteiger partial charge >= 0.3 is 106 Å². The second-order valence-corrected chi connectivity index (χ2v) is 3.74. The first-order valence-electron chi connectivity index (χ1n) is 5.68. The molecule has 0 bridgehead atoms. The van der Waals surface area contributed by atoms with Crippen LogP contribution in [0.15, 0.2) is 48.7 Å². The Morgan fingerprint density at radius 2 is 1.94 bits per heavy atom. The van der Waals surface area contributed by atoms with E-state index in [0.717, 1.165) is 24.1 Å². The van der Waals surface area contributed by atoms with Crippen LogP contribution < -0.4 is 4.65 Å². The normalized spacial score (nSPS) is 10.3. The van der Waals surface area contributed by atoms with E-state index in [1.807, 2.05) is 61.7 Å². The summed E-state index contributed by atoms with van der Waals surface area (Å²) in [5.41, 5.74) is 3.04. The molecule has 0 aliphatic carbocycles. The maximum absolute atomic E-state index is 6.85. The van der Waals surface area contributed by atoms with Crippen LogP contribution in [0, 0.1) is 5.31 Å². The van der Waals surface area contributed by atoms with Crippen LogP contribution in [0.2, 0.25) is 0 Å². The summed E-state index contributed by atoms with van der Waals surface area (Å²) in [4.78, 5) is 4.41. The Morgan fingerprint density at radius 3 is 2.50 bits per heavy atom. The molecule has 1 heterocycles. The molecule has 0 aliphatic rings. The van der Waals surface area contributed by atoms with Gasteiger partial charge in [-0.05, 0) is 0 Å². The molecule has 0 aliphatic heterocycles. The molecule has 4 heteroatoms. The zero-order valence-corrected chi connectivity index (χ0v) is 10.1. The summed E-state index contributed by atoms with van der Waals surface area (Å²) in [5.74, 6) is 0.652. The molecular formula is C14H13BN2O.